The molecule has 0 unspecified atom stereocenters. The summed E-state index contributed by atoms with van der Waals surface area (Å²) in [6.45, 7) is 11.1. The molecule has 0 aliphatic carbocycles. The molecule has 0 saturated heterocycles. The Morgan fingerprint density at radius 1 is 1.54 bits per heavy atom. The van der Waals surface area contributed by atoms with E-state index in [1.54, 1.807) is 18.5 Å². The summed E-state index contributed by atoms with van der Waals surface area (Å²) in [5.74, 6) is 0.435. The van der Waals surface area contributed by atoms with Gasteiger partial charge in [0.15, 0.2) is 0 Å². The van der Waals surface area contributed by atoms with Gasteiger partial charge in [0.2, 0.25) is 0 Å². The van der Waals surface area contributed by atoms with E-state index >= 15 is 0 Å². The lowest BCUT2D eigenvalue weighted by Gasteiger charge is -1.91. The van der Waals surface area contributed by atoms with Crippen LogP contribution in [0, 0.1) is 0 Å². The highest BCUT2D eigenvalue weighted by Gasteiger charge is 1.88. The summed E-state index contributed by atoms with van der Waals surface area (Å²) >= 11 is 0. The van der Waals surface area contributed by atoms with Gasteiger partial charge in [0.1, 0.15) is 5.82 Å². The Labute approximate surface area is 78.3 Å². The number of nitrogens with two attached hydrogens (primary N) is 1. The molecule has 3 nitrogen and oxygen atoms in total. The fourth-order valence-electron chi connectivity index (χ4n) is 0.772. The van der Waals surface area contributed by atoms with Crippen molar-refractivity contribution in [3.8, 4) is 0 Å². The van der Waals surface area contributed by atoms with Gasteiger partial charge in [0.05, 0.1) is 0 Å². The number of anilines is 1. The van der Waals surface area contributed by atoms with E-state index in [2.05, 4.69) is 23.3 Å². The van der Waals surface area contributed by atoms with Crippen LogP contribution in [0.2, 0.25) is 0 Å². The molecule has 13 heavy (non-hydrogen) atoms. The van der Waals surface area contributed by atoms with E-state index in [-0.39, 0.29) is 0 Å². The molecule has 1 aromatic heterocycles. The number of nitrogens with zero attached hydrogens (tertiary/aromatic N) is 2. The molecule has 0 bridgehead atoms. The summed E-state index contributed by atoms with van der Waals surface area (Å²) < 4.78 is 0. The van der Waals surface area contributed by atoms with Crippen molar-refractivity contribution in [2.75, 3.05) is 5.73 Å². The van der Waals surface area contributed by atoms with Crippen molar-refractivity contribution >= 4 is 25.3 Å². The predicted molar refractivity (Wildman–Crippen MR) is 58.8 cm³/mol. The maximum absolute atomic E-state index is 5.54. The maximum atomic E-state index is 5.54. The average Bonchev–Trinajstić information content (AvgIpc) is 2.15. The molecule has 0 aliphatic rings. The zero-order valence-corrected chi connectivity index (χ0v) is 8.12. The molecule has 0 spiro atoms. The van der Waals surface area contributed by atoms with Crippen molar-refractivity contribution in [2.24, 2.45) is 4.99 Å². The van der Waals surface area contributed by atoms with Crippen LogP contribution < -0.4 is 16.2 Å². The number of pyridine rings is 1. The van der Waals surface area contributed by atoms with Crippen molar-refractivity contribution in [1.29, 1.82) is 0 Å². The second-order valence-corrected chi connectivity index (χ2v) is 2.08. The van der Waals surface area contributed by atoms with Crippen molar-refractivity contribution in [3.63, 3.8) is 0 Å². The number of aliphatic imine (C=N–C) groups is 1. The molecule has 1 heterocycles. The van der Waals surface area contributed by atoms with Gasteiger partial charge in [0, 0.05) is 17.6 Å². The molecular formula is C10H15N3. The zero-order valence-electron chi connectivity index (χ0n) is 8.12. The molecule has 0 aliphatic heterocycles. The average molecular weight is 177 g/mol. The van der Waals surface area contributed by atoms with Gasteiger partial charge in [-0.05, 0) is 18.0 Å². The molecule has 0 aromatic carbocycles. The van der Waals surface area contributed by atoms with Crippen LogP contribution in [0.15, 0.2) is 17.3 Å². The van der Waals surface area contributed by atoms with Gasteiger partial charge in [-0.2, -0.15) is 0 Å². The lowest BCUT2D eigenvalue weighted by Crippen LogP contribution is -2.27. The van der Waals surface area contributed by atoms with Crippen LogP contribution >= 0.6 is 0 Å². The van der Waals surface area contributed by atoms with Crippen LogP contribution in [-0.2, 0) is 0 Å². The number of nitrogen functional groups attached to an aromatic ring is 1. The Bertz CT molecular complexity index is 368. The second-order valence-electron chi connectivity index (χ2n) is 2.08. The molecule has 0 atom stereocenters. The zero-order chi connectivity index (χ0) is 10.3. The minimum absolute atomic E-state index is 0.435. The first kappa shape index (κ1) is 11.4. The maximum Gasteiger partial charge on any atom is 0.132 e. The lowest BCUT2D eigenvalue weighted by molar-refractivity contribution is 1.28. The molecule has 0 radical (unpaired) electrons. The number of rotatable bonds is 1. The van der Waals surface area contributed by atoms with E-state index < -0.39 is 0 Å². The molecule has 1 rings (SSSR count). The summed E-state index contributed by atoms with van der Waals surface area (Å²) in [5.41, 5.74) is 5.54. The fourth-order valence-corrected chi connectivity index (χ4v) is 0.772. The minimum Gasteiger partial charge on any atom is -0.383 e. The summed E-state index contributed by atoms with van der Waals surface area (Å²) in [6, 6.07) is 1.77. The number of aromatic nitrogens is 1. The van der Waals surface area contributed by atoms with Crippen molar-refractivity contribution < 1.29 is 0 Å². The van der Waals surface area contributed by atoms with E-state index in [9.17, 15) is 0 Å². The quantitative estimate of drug-likeness (QED) is 0.636. The first-order chi connectivity index (χ1) is 6.25. The Kier molecular flexibility index (Phi) is 5.19. The predicted octanol–water partition coefficient (Wildman–Crippen LogP) is 0.539. The first-order valence-electron chi connectivity index (χ1n) is 4.11. The Morgan fingerprint density at radius 2 is 2.15 bits per heavy atom. The van der Waals surface area contributed by atoms with Crippen LogP contribution in [0.4, 0.5) is 5.82 Å². The monoisotopic (exact) mass is 177 g/mol. The van der Waals surface area contributed by atoms with E-state index in [0.29, 0.717) is 5.82 Å². The smallest absolute Gasteiger partial charge is 0.132 e. The SMILES string of the molecule is C=N/C=c1/c(N)nccc1=C.CC. The minimum atomic E-state index is 0.435. The largest absolute Gasteiger partial charge is 0.383 e. The van der Waals surface area contributed by atoms with E-state index in [0.717, 1.165) is 10.4 Å². The molecule has 70 valence electrons. The lowest BCUT2D eigenvalue weighted by atomic mass is 10.3. The van der Waals surface area contributed by atoms with Gasteiger partial charge in [-0.1, -0.05) is 20.4 Å². The van der Waals surface area contributed by atoms with Crippen LogP contribution in [0.5, 0.6) is 0 Å². The first-order valence-corrected chi connectivity index (χ1v) is 4.11. The van der Waals surface area contributed by atoms with Gasteiger partial charge in [-0.3, -0.25) is 4.99 Å². The van der Waals surface area contributed by atoms with Crippen molar-refractivity contribution in [2.45, 2.75) is 13.8 Å². The summed E-state index contributed by atoms with van der Waals surface area (Å²) in [7, 11) is 0. The van der Waals surface area contributed by atoms with Crippen LogP contribution in [0.25, 0.3) is 12.8 Å². The van der Waals surface area contributed by atoms with E-state index in [4.69, 9.17) is 5.73 Å². The normalized spacial score (nSPS) is 10.2. The van der Waals surface area contributed by atoms with Crippen molar-refractivity contribution in [1.82, 2.24) is 4.98 Å². The molecule has 3 heteroatoms. The molecule has 0 amide bonds. The Hall–Kier alpha value is -1.64. The second kappa shape index (κ2) is 5.94. The fraction of sp³-hybridized carbons (Fsp3) is 0.200. The molecule has 2 N–H and O–H groups in total. The van der Waals surface area contributed by atoms with E-state index in [1.807, 2.05) is 13.8 Å². The highest BCUT2D eigenvalue weighted by molar-refractivity contribution is 5.43. The van der Waals surface area contributed by atoms with Gasteiger partial charge in [-0.15, -0.1) is 0 Å². The third kappa shape index (κ3) is 3.07. The molecular weight excluding hydrogens is 162 g/mol. The standard InChI is InChI=1S/C8H9N3.C2H6/c1-6-3-4-11-8(9)7(6)5-10-2;1-2/h3-5H,1-2H2,(H2,9,11);1-2H3/b7-5+;. The van der Waals surface area contributed by atoms with Crippen molar-refractivity contribution in [3.05, 3.63) is 22.7 Å². The van der Waals surface area contributed by atoms with Crippen LogP contribution in [0.3, 0.4) is 0 Å². The summed E-state index contributed by atoms with van der Waals surface area (Å²) in [4.78, 5) is 7.47. The van der Waals surface area contributed by atoms with Gasteiger partial charge in [0.25, 0.3) is 0 Å². The summed E-state index contributed by atoms with van der Waals surface area (Å²) in [5, 5.41) is 1.55. The molecule has 0 fully saturated rings. The van der Waals surface area contributed by atoms with E-state index in [1.165, 1.54) is 0 Å². The van der Waals surface area contributed by atoms with Gasteiger partial charge in [-0.25, -0.2) is 4.98 Å². The van der Waals surface area contributed by atoms with Gasteiger partial charge >= 0.3 is 0 Å². The number of hydrogen-bond donors (Lipinski definition) is 1. The van der Waals surface area contributed by atoms with Crippen LogP contribution in [0.1, 0.15) is 13.8 Å². The number of hydrogen-bond acceptors (Lipinski definition) is 3. The third-order valence-electron chi connectivity index (χ3n) is 1.33. The third-order valence-corrected chi connectivity index (χ3v) is 1.33. The Balaban J connectivity index is 0.000000671. The highest BCUT2D eigenvalue weighted by atomic mass is 14.8. The highest BCUT2D eigenvalue weighted by Crippen LogP contribution is 1.78. The summed E-state index contributed by atoms with van der Waals surface area (Å²) in [6.07, 6.45) is 3.16. The van der Waals surface area contributed by atoms with Gasteiger partial charge < -0.3 is 5.73 Å². The topological polar surface area (TPSA) is 51.3 Å². The molecule has 1 aromatic rings. The molecule has 0 saturated carbocycles. The Morgan fingerprint density at radius 3 is 2.62 bits per heavy atom. The van der Waals surface area contributed by atoms with Crippen LogP contribution in [-0.4, -0.2) is 11.7 Å².